The van der Waals surface area contributed by atoms with E-state index in [2.05, 4.69) is 41.6 Å². The Balaban J connectivity index is 1.66. The molecule has 128 valence electrons. The molecule has 1 saturated heterocycles. The first-order valence-corrected chi connectivity index (χ1v) is 9.06. The van der Waals surface area contributed by atoms with Crippen molar-refractivity contribution in [3.63, 3.8) is 0 Å². The number of amides is 1. The third-order valence-corrected chi connectivity index (χ3v) is 5.21. The Morgan fingerprint density at radius 3 is 2.92 bits per heavy atom. The molecule has 0 saturated carbocycles. The lowest BCUT2D eigenvalue weighted by Crippen LogP contribution is -2.31. The summed E-state index contributed by atoms with van der Waals surface area (Å²) >= 11 is 1.38. The minimum absolute atomic E-state index is 0.0748. The van der Waals surface area contributed by atoms with Gasteiger partial charge in [-0.3, -0.25) is 4.79 Å². The number of nitrogens with zero attached hydrogens (tertiary/aromatic N) is 1. The van der Waals surface area contributed by atoms with E-state index in [-0.39, 0.29) is 12.0 Å². The van der Waals surface area contributed by atoms with Crippen LogP contribution in [0, 0.1) is 20.8 Å². The predicted octanol–water partition coefficient (Wildman–Crippen LogP) is 3.72. The fourth-order valence-corrected chi connectivity index (χ4v) is 3.72. The Bertz CT molecular complexity index is 736. The van der Waals surface area contributed by atoms with Crippen molar-refractivity contribution in [1.82, 2.24) is 10.3 Å². The molecule has 1 aliphatic heterocycles. The molecule has 5 nitrogen and oxygen atoms in total. The maximum Gasteiger partial charge on any atom is 0.263 e. The fraction of sp³-hybridized carbons (Fsp3) is 0.444. The molecule has 1 aliphatic rings. The van der Waals surface area contributed by atoms with Gasteiger partial charge in [-0.05, 0) is 45.2 Å². The van der Waals surface area contributed by atoms with Crippen molar-refractivity contribution in [2.75, 3.05) is 18.5 Å². The van der Waals surface area contributed by atoms with Gasteiger partial charge in [-0.2, -0.15) is 0 Å². The maximum absolute atomic E-state index is 12.4. The SMILES string of the molecule is Cc1ccc(Nc2nc(C)c(C(=O)NCC3CCCO3)s2)c(C)c1. The van der Waals surface area contributed by atoms with Gasteiger partial charge in [0.05, 0.1) is 11.8 Å². The van der Waals surface area contributed by atoms with Crippen LogP contribution in [0.4, 0.5) is 10.8 Å². The van der Waals surface area contributed by atoms with Gasteiger partial charge in [-0.15, -0.1) is 0 Å². The molecule has 2 aromatic rings. The lowest BCUT2D eigenvalue weighted by molar-refractivity contribution is 0.0860. The normalized spacial score (nSPS) is 17.0. The quantitative estimate of drug-likeness (QED) is 0.867. The summed E-state index contributed by atoms with van der Waals surface area (Å²) in [6, 6.07) is 6.22. The van der Waals surface area contributed by atoms with Gasteiger partial charge in [0.25, 0.3) is 5.91 Å². The van der Waals surface area contributed by atoms with Crippen molar-refractivity contribution in [2.45, 2.75) is 39.7 Å². The zero-order chi connectivity index (χ0) is 17.1. The van der Waals surface area contributed by atoms with Crippen LogP contribution in [0.15, 0.2) is 18.2 Å². The average molecular weight is 345 g/mol. The second-order valence-corrected chi connectivity index (χ2v) is 7.22. The van der Waals surface area contributed by atoms with E-state index in [1.165, 1.54) is 16.9 Å². The molecule has 2 N–H and O–H groups in total. The molecule has 0 bridgehead atoms. The molecule has 1 aromatic heterocycles. The van der Waals surface area contributed by atoms with Crippen LogP contribution in [0.5, 0.6) is 0 Å². The second kappa shape index (κ2) is 7.32. The van der Waals surface area contributed by atoms with Crippen LogP contribution >= 0.6 is 11.3 Å². The minimum atomic E-state index is -0.0748. The second-order valence-electron chi connectivity index (χ2n) is 6.22. The Hall–Kier alpha value is -1.92. The van der Waals surface area contributed by atoms with Crippen LogP contribution in [0.3, 0.4) is 0 Å². The van der Waals surface area contributed by atoms with Crippen molar-refractivity contribution in [1.29, 1.82) is 0 Å². The summed E-state index contributed by atoms with van der Waals surface area (Å²) in [6.07, 6.45) is 2.24. The van der Waals surface area contributed by atoms with Crippen molar-refractivity contribution in [3.8, 4) is 0 Å². The minimum Gasteiger partial charge on any atom is -0.376 e. The van der Waals surface area contributed by atoms with Gasteiger partial charge in [0, 0.05) is 18.8 Å². The van der Waals surface area contributed by atoms with E-state index in [0.29, 0.717) is 11.4 Å². The van der Waals surface area contributed by atoms with E-state index in [4.69, 9.17) is 4.74 Å². The van der Waals surface area contributed by atoms with E-state index >= 15 is 0 Å². The fourth-order valence-electron chi connectivity index (χ4n) is 2.82. The molecule has 0 radical (unpaired) electrons. The highest BCUT2D eigenvalue weighted by Gasteiger charge is 2.19. The van der Waals surface area contributed by atoms with E-state index in [0.717, 1.165) is 41.5 Å². The molecule has 1 fully saturated rings. The Morgan fingerprint density at radius 2 is 2.21 bits per heavy atom. The average Bonchev–Trinajstić information content (AvgIpc) is 3.17. The Labute approximate surface area is 146 Å². The summed E-state index contributed by atoms with van der Waals surface area (Å²) in [5.41, 5.74) is 4.15. The maximum atomic E-state index is 12.4. The summed E-state index contributed by atoms with van der Waals surface area (Å²) in [4.78, 5) is 17.5. The number of hydrogen-bond donors (Lipinski definition) is 2. The first kappa shape index (κ1) is 16.9. The van der Waals surface area contributed by atoms with Gasteiger partial charge in [0.1, 0.15) is 4.88 Å². The molecule has 3 rings (SSSR count). The summed E-state index contributed by atoms with van der Waals surface area (Å²) in [7, 11) is 0. The summed E-state index contributed by atoms with van der Waals surface area (Å²) in [5.74, 6) is -0.0748. The van der Waals surface area contributed by atoms with Crippen molar-refractivity contribution in [3.05, 3.63) is 39.9 Å². The third kappa shape index (κ3) is 3.94. The lowest BCUT2D eigenvalue weighted by Gasteiger charge is -2.10. The number of aromatic nitrogens is 1. The van der Waals surface area contributed by atoms with Crippen LogP contribution in [0.25, 0.3) is 0 Å². The zero-order valence-electron chi connectivity index (χ0n) is 14.3. The van der Waals surface area contributed by atoms with Crippen LogP contribution in [-0.2, 0) is 4.74 Å². The van der Waals surface area contributed by atoms with Crippen molar-refractivity contribution < 1.29 is 9.53 Å². The largest absolute Gasteiger partial charge is 0.376 e. The summed E-state index contributed by atoms with van der Waals surface area (Å²) in [6.45, 7) is 7.36. The Morgan fingerprint density at radius 1 is 1.38 bits per heavy atom. The first-order valence-electron chi connectivity index (χ1n) is 8.24. The molecule has 6 heteroatoms. The van der Waals surface area contributed by atoms with Crippen molar-refractivity contribution in [2.24, 2.45) is 0 Å². The Kier molecular flexibility index (Phi) is 5.16. The molecule has 0 aliphatic carbocycles. The zero-order valence-corrected chi connectivity index (χ0v) is 15.1. The molecular weight excluding hydrogens is 322 g/mol. The topological polar surface area (TPSA) is 63.2 Å². The van der Waals surface area contributed by atoms with Gasteiger partial charge < -0.3 is 15.4 Å². The van der Waals surface area contributed by atoms with Gasteiger partial charge in [-0.1, -0.05) is 29.0 Å². The van der Waals surface area contributed by atoms with E-state index in [1.807, 2.05) is 13.0 Å². The third-order valence-electron chi connectivity index (χ3n) is 4.14. The smallest absolute Gasteiger partial charge is 0.263 e. The van der Waals surface area contributed by atoms with Gasteiger partial charge in [0.2, 0.25) is 0 Å². The van der Waals surface area contributed by atoms with E-state index < -0.39 is 0 Å². The summed E-state index contributed by atoms with van der Waals surface area (Å²) < 4.78 is 5.54. The van der Waals surface area contributed by atoms with Gasteiger partial charge >= 0.3 is 0 Å². The number of nitrogens with one attached hydrogen (secondary N) is 2. The number of carbonyl (C=O) groups excluding carboxylic acids is 1. The van der Waals surface area contributed by atoms with E-state index in [9.17, 15) is 4.79 Å². The number of anilines is 2. The summed E-state index contributed by atoms with van der Waals surface area (Å²) in [5, 5.41) is 7.01. The highest BCUT2D eigenvalue weighted by atomic mass is 32.1. The number of ether oxygens (including phenoxy) is 1. The standard InChI is InChI=1S/C18H23N3O2S/c1-11-6-7-15(12(2)9-11)21-18-20-13(3)16(24-18)17(22)19-10-14-5-4-8-23-14/h6-7,9,14H,4-5,8,10H2,1-3H3,(H,19,22)(H,20,21). The van der Waals surface area contributed by atoms with Gasteiger partial charge in [-0.25, -0.2) is 4.98 Å². The molecular formula is C18H23N3O2S. The van der Waals surface area contributed by atoms with E-state index in [1.54, 1.807) is 0 Å². The number of benzene rings is 1. The number of rotatable bonds is 5. The molecule has 0 spiro atoms. The number of thiazole rings is 1. The molecule has 1 amide bonds. The van der Waals surface area contributed by atoms with Crippen LogP contribution in [0.1, 0.15) is 39.3 Å². The van der Waals surface area contributed by atoms with Crippen LogP contribution in [-0.4, -0.2) is 30.1 Å². The van der Waals surface area contributed by atoms with Crippen LogP contribution in [0.2, 0.25) is 0 Å². The molecule has 1 aromatic carbocycles. The van der Waals surface area contributed by atoms with Gasteiger partial charge in [0.15, 0.2) is 5.13 Å². The molecule has 1 atom stereocenters. The number of carbonyl (C=O) groups is 1. The molecule has 24 heavy (non-hydrogen) atoms. The molecule has 1 unspecified atom stereocenters. The van der Waals surface area contributed by atoms with Crippen LogP contribution < -0.4 is 10.6 Å². The van der Waals surface area contributed by atoms with Crippen molar-refractivity contribution >= 4 is 28.1 Å². The number of hydrogen-bond acceptors (Lipinski definition) is 5. The predicted molar refractivity (Wildman–Crippen MR) is 97.4 cm³/mol. The highest BCUT2D eigenvalue weighted by molar-refractivity contribution is 7.17. The first-order chi connectivity index (χ1) is 11.5. The highest BCUT2D eigenvalue weighted by Crippen LogP contribution is 2.27. The number of aryl methyl sites for hydroxylation is 3. The monoisotopic (exact) mass is 345 g/mol. The molecule has 2 heterocycles. The lowest BCUT2D eigenvalue weighted by atomic mass is 10.1.